The molecule has 1 aromatic heterocycles. The van der Waals surface area contributed by atoms with Crippen molar-refractivity contribution in [3.05, 3.63) is 114 Å². The molecule has 1 amide bonds. The molecule has 0 aliphatic carbocycles. The number of rotatable bonds is 5. The van der Waals surface area contributed by atoms with Gasteiger partial charge in [-0.1, -0.05) is 78.9 Å². The molecule has 1 N–H and O–H groups in total. The van der Waals surface area contributed by atoms with Gasteiger partial charge >= 0.3 is 0 Å². The van der Waals surface area contributed by atoms with Crippen LogP contribution in [-0.4, -0.2) is 17.4 Å². The van der Waals surface area contributed by atoms with Crippen LogP contribution in [0, 0.1) is 0 Å². The van der Waals surface area contributed by atoms with Crippen molar-refractivity contribution < 1.29 is 4.79 Å². The van der Waals surface area contributed by atoms with Crippen LogP contribution in [-0.2, 0) is 0 Å². The van der Waals surface area contributed by atoms with Crippen LogP contribution in [0.15, 0.2) is 97.2 Å². The molecule has 27 heavy (non-hydrogen) atoms. The highest BCUT2D eigenvalue weighted by atomic mass is 16.1. The number of carbonyl (C=O) groups excluding carboxylic acids is 1. The second-order valence-corrected chi connectivity index (χ2v) is 6.46. The van der Waals surface area contributed by atoms with Crippen molar-refractivity contribution >= 4 is 16.8 Å². The van der Waals surface area contributed by atoms with Gasteiger partial charge in [0.15, 0.2) is 0 Å². The average molecular weight is 352 g/mol. The van der Waals surface area contributed by atoms with E-state index in [4.69, 9.17) is 0 Å². The molecule has 4 aromatic rings. The molecule has 0 bridgehead atoms. The molecule has 0 radical (unpaired) electrons. The molecule has 0 aliphatic heterocycles. The van der Waals surface area contributed by atoms with E-state index in [0.717, 1.165) is 10.9 Å². The maximum atomic E-state index is 12.9. The van der Waals surface area contributed by atoms with Gasteiger partial charge in [-0.25, -0.2) is 0 Å². The van der Waals surface area contributed by atoms with Gasteiger partial charge in [0, 0.05) is 24.0 Å². The average Bonchev–Trinajstić information content (AvgIpc) is 2.75. The number of para-hydroxylation sites is 1. The smallest absolute Gasteiger partial charge is 0.253 e. The molecule has 4 rings (SSSR count). The largest absolute Gasteiger partial charge is 0.351 e. The number of hydrogen-bond acceptors (Lipinski definition) is 2. The highest BCUT2D eigenvalue weighted by Gasteiger charge is 2.17. The van der Waals surface area contributed by atoms with Gasteiger partial charge in [0.05, 0.1) is 11.1 Å². The summed E-state index contributed by atoms with van der Waals surface area (Å²) < 4.78 is 0. The Kier molecular flexibility index (Phi) is 4.93. The Morgan fingerprint density at radius 2 is 1.41 bits per heavy atom. The van der Waals surface area contributed by atoms with Crippen molar-refractivity contribution in [1.29, 1.82) is 0 Å². The second-order valence-electron chi connectivity index (χ2n) is 6.46. The van der Waals surface area contributed by atoms with Crippen molar-refractivity contribution in [2.24, 2.45) is 0 Å². The number of hydrogen-bond donors (Lipinski definition) is 1. The SMILES string of the molecule is O=C(NCC(c1ccccc1)c1ccccc1)c1cccc2cccnc12. The van der Waals surface area contributed by atoms with E-state index in [1.807, 2.05) is 66.7 Å². The van der Waals surface area contributed by atoms with E-state index in [1.165, 1.54) is 11.1 Å². The van der Waals surface area contributed by atoms with E-state index in [0.29, 0.717) is 12.1 Å². The number of amides is 1. The Morgan fingerprint density at radius 3 is 2.07 bits per heavy atom. The molecular weight excluding hydrogens is 332 g/mol. The monoisotopic (exact) mass is 352 g/mol. The summed E-state index contributed by atoms with van der Waals surface area (Å²) in [4.78, 5) is 17.3. The van der Waals surface area contributed by atoms with E-state index >= 15 is 0 Å². The third-order valence-electron chi connectivity index (χ3n) is 4.75. The number of fused-ring (bicyclic) bond motifs is 1. The normalized spacial score (nSPS) is 10.9. The Bertz CT molecular complexity index is 1000. The number of aromatic nitrogens is 1. The molecule has 3 heteroatoms. The van der Waals surface area contributed by atoms with Gasteiger partial charge in [-0.05, 0) is 23.3 Å². The lowest BCUT2D eigenvalue weighted by molar-refractivity contribution is 0.0954. The highest BCUT2D eigenvalue weighted by molar-refractivity contribution is 6.05. The summed E-state index contributed by atoms with van der Waals surface area (Å²) in [6.45, 7) is 0.524. The van der Waals surface area contributed by atoms with Crippen LogP contribution >= 0.6 is 0 Å². The minimum atomic E-state index is -0.101. The zero-order valence-corrected chi connectivity index (χ0v) is 14.9. The van der Waals surface area contributed by atoms with Crippen molar-refractivity contribution in [2.45, 2.75) is 5.92 Å². The molecule has 0 spiro atoms. The van der Waals surface area contributed by atoms with Gasteiger partial charge in [0.25, 0.3) is 5.91 Å². The lowest BCUT2D eigenvalue weighted by atomic mass is 9.91. The van der Waals surface area contributed by atoms with Gasteiger partial charge in [-0.15, -0.1) is 0 Å². The standard InChI is InChI=1S/C24H20N2O/c27-24(21-15-7-13-20-14-8-16-25-23(20)21)26-17-22(18-9-3-1-4-10-18)19-11-5-2-6-12-19/h1-16,22H,17H2,(H,26,27). The van der Waals surface area contributed by atoms with E-state index in [9.17, 15) is 4.79 Å². The molecular formula is C24H20N2O. The molecule has 0 saturated carbocycles. The van der Waals surface area contributed by atoms with Crippen molar-refractivity contribution in [1.82, 2.24) is 10.3 Å². The van der Waals surface area contributed by atoms with E-state index in [-0.39, 0.29) is 11.8 Å². The first kappa shape index (κ1) is 17.0. The highest BCUT2D eigenvalue weighted by Crippen LogP contribution is 2.24. The predicted molar refractivity (Wildman–Crippen MR) is 109 cm³/mol. The van der Waals surface area contributed by atoms with Crippen LogP contribution in [0.5, 0.6) is 0 Å². The minimum Gasteiger partial charge on any atom is -0.351 e. The van der Waals surface area contributed by atoms with Crippen LogP contribution in [0.4, 0.5) is 0 Å². The lowest BCUT2D eigenvalue weighted by Crippen LogP contribution is -2.29. The number of carbonyl (C=O) groups is 1. The van der Waals surface area contributed by atoms with Crippen LogP contribution < -0.4 is 5.32 Å². The van der Waals surface area contributed by atoms with Gasteiger partial charge in [-0.3, -0.25) is 9.78 Å². The van der Waals surface area contributed by atoms with E-state index in [2.05, 4.69) is 34.6 Å². The molecule has 1 heterocycles. The van der Waals surface area contributed by atoms with Crippen LogP contribution in [0.3, 0.4) is 0 Å². The first-order valence-corrected chi connectivity index (χ1v) is 9.05. The quantitative estimate of drug-likeness (QED) is 0.561. The van der Waals surface area contributed by atoms with Gasteiger partial charge in [-0.2, -0.15) is 0 Å². The number of nitrogens with one attached hydrogen (secondary N) is 1. The minimum absolute atomic E-state index is 0.0966. The molecule has 0 fully saturated rings. The fourth-order valence-corrected chi connectivity index (χ4v) is 3.38. The summed E-state index contributed by atoms with van der Waals surface area (Å²) in [5.41, 5.74) is 3.70. The molecule has 3 nitrogen and oxygen atoms in total. The fourth-order valence-electron chi connectivity index (χ4n) is 3.38. The Hall–Kier alpha value is -3.46. The Labute approximate surface area is 158 Å². The van der Waals surface area contributed by atoms with E-state index in [1.54, 1.807) is 6.20 Å². The maximum absolute atomic E-state index is 12.9. The summed E-state index contributed by atoms with van der Waals surface area (Å²) in [6.07, 6.45) is 1.72. The zero-order valence-electron chi connectivity index (χ0n) is 14.9. The predicted octanol–water partition coefficient (Wildman–Crippen LogP) is 4.80. The van der Waals surface area contributed by atoms with Crippen molar-refractivity contribution in [3.63, 3.8) is 0 Å². The molecule has 0 atom stereocenters. The summed E-state index contributed by atoms with van der Waals surface area (Å²) in [5, 5.41) is 4.07. The summed E-state index contributed by atoms with van der Waals surface area (Å²) in [7, 11) is 0. The second kappa shape index (κ2) is 7.83. The van der Waals surface area contributed by atoms with Gasteiger partial charge in [0.1, 0.15) is 0 Å². The topological polar surface area (TPSA) is 42.0 Å². The Morgan fingerprint density at radius 1 is 0.778 bits per heavy atom. The third kappa shape index (κ3) is 3.72. The van der Waals surface area contributed by atoms with Gasteiger partial charge in [0.2, 0.25) is 0 Å². The first-order chi connectivity index (χ1) is 13.3. The van der Waals surface area contributed by atoms with Crippen molar-refractivity contribution in [3.8, 4) is 0 Å². The number of benzene rings is 3. The molecule has 0 aliphatic rings. The summed E-state index contributed by atoms with van der Waals surface area (Å²) in [6, 6.07) is 30.1. The fraction of sp³-hybridized carbons (Fsp3) is 0.0833. The molecule has 0 unspecified atom stereocenters. The summed E-state index contributed by atoms with van der Waals surface area (Å²) >= 11 is 0. The lowest BCUT2D eigenvalue weighted by Gasteiger charge is -2.19. The van der Waals surface area contributed by atoms with E-state index < -0.39 is 0 Å². The van der Waals surface area contributed by atoms with Crippen LogP contribution in [0.2, 0.25) is 0 Å². The van der Waals surface area contributed by atoms with Crippen molar-refractivity contribution in [2.75, 3.05) is 6.54 Å². The maximum Gasteiger partial charge on any atom is 0.253 e. The Balaban J connectivity index is 1.60. The first-order valence-electron chi connectivity index (χ1n) is 9.05. The third-order valence-corrected chi connectivity index (χ3v) is 4.75. The van der Waals surface area contributed by atoms with Gasteiger partial charge < -0.3 is 5.32 Å². The van der Waals surface area contributed by atoms with Crippen LogP contribution in [0.1, 0.15) is 27.4 Å². The molecule has 0 saturated heterocycles. The number of nitrogens with zero attached hydrogens (tertiary/aromatic N) is 1. The molecule has 3 aromatic carbocycles. The summed E-state index contributed by atoms with van der Waals surface area (Å²) in [5.74, 6) is -0.00421. The zero-order chi connectivity index (χ0) is 18.5. The van der Waals surface area contributed by atoms with Crippen LogP contribution in [0.25, 0.3) is 10.9 Å². The molecule has 132 valence electrons. The number of pyridine rings is 1.